The quantitative estimate of drug-likeness (QED) is 0.567. The topological polar surface area (TPSA) is 22.4 Å². The van der Waals surface area contributed by atoms with Crippen molar-refractivity contribution in [2.75, 3.05) is 5.75 Å². The van der Waals surface area contributed by atoms with E-state index in [0.29, 0.717) is 11.0 Å². The summed E-state index contributed by atoms with van der Waals surface area (Å²) in [6.07, 6.45) is 3.39. The third-order valence-corrected chi connectivity index (χ3v) is 2.46. The van der Waals surface area contributed by atoms with Crippen LogP contribution in [0.5, 0.6) is 0 Å². The molecule has 0 spiro atoms. The Kier molecular flexibility index (Phi) is 4.64. The van der Waals surface area contributed by atoms with E-state index in [1.807, 2.05) is 12.1 Å². The summed E-state index contributed by atoms with van der Waals surface area (Å²) in [5.41, 5.74) is 0. The predicted molar refractivity (Wildman–Crippen MR) is 58.8 cm³/mol. The summed E-state index contributed by atoms with van der Waals surface area (Å²) < 4.78 is 10.8. The maximum absolute atomic E-state index is 5.24. The maximum Gasteiger partial charge on any atom is 0.220 e. The highest BCUT2D eigenvalue weighted by atomic mass is 32.2. The van der Waals surface area contributed by atoms with Gasteiger partial charge in [0.1, 0.15) is 12.4 Å². The number of hydrogen-bond acceptors (Lipinski definition) is 4. The Hall–Kier alpha value is -0.740. The second-order valence-electron chi connectivity index (χ2n) is 2.22. The van der Waals surface area contributed by atoms with Crippen molar-refractivity contribution < 1.29 is 9.15 Å². The summed E-state index contributed by atoms with van der Waals surface area (Å²) in [5, 5.41) is 0. The predicted octanol–water partition coefficient (Wildman–Crippen LogP) is 3.00. The number of furan rings is 1. The SMILES string of the molecule is C=CCSC(=S)OCc1ccco1. The molecule has 0 saturated carbocycles. The van der Waals surface area contributed by atoms with E-state index in [9.17, 15) is 0 Å². The fraction of sp³-hybridized carbons (Fsp3) is 0.222. The molecule has 0 amide bonds. The first-order valence-electron chi connectivity index (χ1n) is 3.75. The highest BCUT2D eigenvalue weighted by Crippen LogP contribution is 2.09. The Morgan fingerprint density at radius 2 is 2.62 bits per heavy atom. The summed E-state index contributed by atoms with van der Waals surface area (Å²) in [6.45, 7) is 3.99. The molecule has 4 heteroatoms. The van der Waals surface area contributed by atoms with Crippen molar-refractivity contribution in [3.63, 3.8) is 0 Å². The monoisotopic (exact) mass is 214 g/mol. The minimum Gasteiger partial charge on any atom is -0.470 e. The van der Waals surface area contributed by atoms with E-state index in [-0.39, 0.29) is 0 Å². The van der Waals surface area contributed by atoms with E-state index >= 15 is 0 Å². The molecule has 0 aliphatic rings. The van der Waals surface area contributed by atoms with Crippen LogP contribution in [-0.4, -0.2) is 10.1 Å². The molecule has 0 unspecified atom stereocenters. The summed E-state index contributed by atoms with van der Waals surface area (Å²) in [5.74, 6) is 1.55. The van der Waals surface area contributed by atoms with Crippen molar-refractivity contribution in [3.8, 4) is 0 Å². The molecule has 0 bridgehead atoms. The van der Waals surface area contributed by atoms with E-state index in [1.165, 1.54) is 11.8 Å². The van der Waals surface area contributed by atoms with Gasteiger partial charge in [-0.3, -0.25) is 0 Å². The van der Waals surface area contributed by atoms with Gasteiger partial charge < -0.3 is 9.15 Å². The Morgan fingerprint density at radius 1 is 1.77 bits per heavy atom. The van der Waals surface area contributed by atoms with Crippen LogP contribution in [0.2, 0.25) is 0 Å². The molecule has 0 radical (unpaired) electrons. The average molecular weight is 214 g/mol. The van der Waals surface area contributed by atoms with Gasteiger partial charge in [0.15, 0.2) is 0 Å². The zero-order chi connectivity index (χ0) is 9.52. The molecule has 1 aromatic rings. The molecule has 0 aliphatic carbocycles. The van der Waals surface area contributed by atoms with E-state index in [1.54, 1.807) is 12.3 Å². The average Bonchev–Trinajstić information content (AvgIpc) is 2.64. The van der Waals surface area contributed by atoms with E-state index in [0.717, 1.165) is 11.5 Å². The molecule has 70 valence electrons. The second-order valence-corrected chi connectivity index (χ2v) is 3.84. The molecular weight excluding hydrogens is 204 g/mol. The van der Waals surface area contributed by atoms with Crippen LogP contribution in [0.3, 0.4) is 0 Å². The largest absolute Gasteiger partial charge is 0.470 e. The number of ether oxygens (including phenoxy) is 1. The Bertz CT molecular complexity index is 267. The van der Waals surface area contributed by atoms with Crippen molar-refractivity contribution in [1.82, 2.24) is 0 Å². The number of hydrogen-bond donors (Lipinski definition) is 0. The first-order valence-corrected chi connectivity index (χ1v) is 5.15. The lowest BCUT2D eigenvalue weighted by atomic mass is 10.5. The van der Waals surface area contributed by atoms with E-state index in [4.69, 9.17) is 21.4 Å². The van der Waals surface area contributed by atoms with Gasteiger partial charge in [-0.2, -0.15) is 0 Å². The lowest BCUT2D eigenvalue weighted by Gasteiger charge is -2.02. The Labute approximate surface area is 87.0 Å². The Morgan fingerprint density at radius 3 is 3.23 bits per heavy atom. The number of thiocarbonyl (C=S) groups is 1. The third kappa shape index (κ3) is 4.15. The molecule has 2 nitrogen and oxygen atoms in total. The molecule has 1 aromatic heterocycles. The molecule has 13 heavy (non-hydrogen) atoms. The maximum atomic E-state index is 5.24. The van der Waals surface area contributed by atoms with Gasteiger partial charge in [-0.1, -0.05) is 17.8 Å². The van der Waals surface area contributed by atoms with Crippen molar-refractivity contribution in [1.29, 1.82) is 0 Å². The molecule has 0 saturated heterocycles. The van der Waals surface area contributed by atoms with Crippen molar-refractivity contribution in [3.05, 3.63) is 36.8 Å². The van der Waals surface area contributed by atoms with Crippen LogP contribution in [0.4, 0.5) is 0 Å². The number of thioether (sulfide) groups is 1. The normalized spacial score (nSPS) is 9.54. The highest BCUT2D eigenvalue weighted by molar-refractivity contribution is 8.22. The van der Waals surface area contributed by atoms with Crippen LogP contribution >= 0.6 is 24.0 Å². The zero-order valence-corrected chi connectivity index (χ0v) is 8.70. The van der Waals surface area contributed by atoms with Gasteiger partial charge in [0.25, 0.3) is 0 Å². The standard InChI is InChI=1S/C9H10O2S2/c1-2-6-13-9(12)11-7-8-4-3-5-10-8/h2-5H,1,6-7H2. The van der Waals surface area contributed by atoms with Crippen molar-refractivity contribution in [2.24, 2.45) is 0 Å². The summed E-state index contributed by atoms with van der Waals surface area (Å²) in [4.78, 5) is 0. The van der Waals surface area contributed by atoms with E-state index in [2.05, 4.69) is 6.58 Å². The van der Waals surface area contributed by atoms with Crippen LogP contribution in [0.1, 0.15) is 5.76 Å². The zero-order valence-electron chi connectivity index (χ0n) is 7.06. The van der Waals surface area contributed by atoms with Gasteiger partial charge in [0, 0.05) is 5.75 Å². The van der Waals surface area contributed by atoms with Crippen LogP contribution in [-0.2, 0) is 11.3 Å². The summed E-state index contributed by atoms with van der Waals surface area (Å²) in [6, 6.07) is 3.67. The highest BCUT2D eigenvalue weighted by Gasteiger charge is 1.99. The molecule has 0 N–H and O–H groups in total. The van der Waals surface area contributed by atoms with Gasteiger partial charge in [-0.25, -0.2) is 0 Å². The second kappa shape index (κ2) is 5.83. The minimum atomic E-state index is 0.399. The van der Waals surface area contributed by atoms with Crippen LogP contribution < -0.4 is 0 Å². The van der Waals surface area contributed by atoms with Gasteiger partial charge in [-0.15, -0.1) is 6.58 Å². The van der Waals surface area contributed by atoms with Gasteiger partial charge in [0.2, 0.25) is 4.38 Å². The molecule has 0 aliphatic heterocycles. The van der Waals surface area contributed by atoms with Crippen molar-refractivity contribution >= 4 is 28.4 Å². The first-order chi connectivity index (χ1) is 6.33. The van der Waals surface area contributed by atoms with Crippen LogP contribution in [0.15, 0.2) is 35.5 Å². The summed E-state index contributed by atoms with van der Waals surface area (Å²) in [7, 11) is 0. The fourth-order valence-corrected chi connectivity index (χ4v) is 1.35. The van der Waals surface area contributed by atoms with Gasteiger partial charge in [-0.05, 0) is 24.4 Å². The molecule has 0 atom stereocenters. The smallest absolute Gasteiger partial charge is 0.220 e. The fourth-order valence-electron chi connectivity index (χ4n) is 0.693. The van der Waals surface area contributed by atoms with Crippen LogP contribution in [0, 0.1) is 0 Å². The molecule has 1 heterocycles. The number of rotatable bonds is 4. The molecule has 0 aromatic carbocycles. The van der Waals surface area contributed by atoms with Gasteiger partial charge in [0.05, 0.1) is 6.26 Å². The molecule has 0 fully saturated rings. The first kappa shape index (κ1) is 10.3. The molecule has 1 rings (SSSR count). The Balaban J connectivity index is 2.19. The lowest BCUT2D eigenvalue weighted by molar-refractivity contribution is 0.272. The van der Waals surface area contributed by atoms with E-state index < -0.39 is 0 Å². The molecular formula is C9H10O2S2. The van der Waals surface area contributed by atoms with Crippen LogP contribution in [0.25, 0.3) is 0 Å². The summed E-state index contributed by atoms with van der Waals surface area (Å²) >= 11 is 6.39. The van der Waals surface area contributed by atoms with Gasteiger partial charge >= 0.3 is 0 Å². The lowest BCUT2D eigenvalue weighted by Crippen LogP contribution is -1.96. The minimum absolute atomic E-state index is 0.399. The third-order valence-electron chi connectivity index (χ3n) is 1.23. The van der Waals surface area contributed by atoms with Crippen molar-refractivity contribution in [2.45, 2.75) is 6.61 Å².